The van der Waals surface area contributed by atoms with Gasteiger partial charge >= 0.3 is 5.97 Å². The second-order valence-electron chi connectivity index (χ2n) is 4.34. The van der Waals surface area contributed by atoms with Gasteiger partial charge in [-0.05, 0) is 18.9 Å². The van der Waals surface area contributed by atoms with Crippen molar-refractivity contribution >= 4 is 33.2 Å². The van der Waals surface area contributed by atoms with Crippen LogP contribution < -0.4 is 5.32 Å². The van der Waals surface area contributed by atoms with E-state index < -0.39 is 21.1 Å². The van der Waals surface area contributed by atoms with Crippen molar-refractivity contribution in [1.82, 2.24) is 4.98 Å². The monoisotopic (exact) mass is 304 g/mol. The summed E-state index contributed by atoms with van der Waals surface area (Å²) in [6, 6.07) is 1.29. The fourth-order valence-corrected chi connectivity index (χ4v) is 4.05. The Hall–Kier alpha value is -1.34. The van der Waals surface area contributed by atoms with Crippen molar-refractivity contribution in [3.05, 3.63) is 22.8 Å². The largest absolute Gasteiger partial charge is 0.478 e. The number of carbonyl (C=O) groups is 1. The van der Waals surface area contributed by atoms with E-state index >= 15 is 0 Å². The van der Waals surface area contributed by atoms with Crippen LogP contribution in [-0.4, -0.2) is 42.0 Å². The van der Waals surface area contributed by atoms with Gasteiger partial charge in [0.2, 0.25) is 0 Å². The highest BCUT2D eigenvalue weighted by Gasteiger charge is 2.31. The first-order valence-electron chi connectivity index (χ1n) is 5.75. The number of anilines is 1. The van der Waals surface area contributed by atoms with Crippen molar-refractivity contribution in [3.63, 3.8) is 0 Å². The summed E-state index contributed by atoms with van der Waals surface area (Å²) < 4.78 is 23.3. The molecule has 1 saturated heterocycles. The van der Waals surface area contributed by atoms with Gasteiger partial charge in [-0.25, -0.2) is 18.2 Å². The molecule has 0 amide bonds. The number of pyridine rings is 1. The number of aromatic carboxylic acids is 1. The number of hydrogen-bond acceptors (Lipinski definition) is 5. The molecule has 0 radical (unpaired) electrons. The number of rotatable bonds is 4. The number of halogens is 1. The maximum absolute atomic E-state index is 11.7. The lowest BCUT2D eigenvalue weighted by molar-refractivity contribution is 0.0697. The van der Waals surface area contributed by atoms with Crippen LogP contribution in [0.3, 0.4) is 0 Å². The normalized spacial score (nSPS) is 21.2. The summed E-state index contributed by atoms with van der Waals surface area (Å²) in [5.74, 6) is -0.747. The Labute approximate surface area is 115 Å². The molecule has 0 saturated carbocycles. The van der Waals surface area contributed by atoms with Crippen LogP contribution >= 0.6 is 11.6 Å². The maximum atomic E-state index is 11.7. The first-order chi connectivity index (χ1) is 8.92. The van der Waals surface area contributed by atoms with Crippen LogP contribution in [-0.2, 0) is 9.84 Å². The Morgan fingerprint density at radius 2 is 2.32 bits per heavy atom. The van der Waals surface area contributed by atoms with Crippen molar-refractivity contribution in [1.29, 1.82) is 0 Å². The van der Waals surface area contributed by atoms with E-state index in [1.807, 2.05) is 0 Å². The molecule has 0 bridgehead atoms. The molecule has 104 valence electrons. The van der Waals surface area contributed by atoms with Gasteiger partial charge in [0.05, 0.1) is 21.6 Å². The van der Waals surface area contributed by atoms with E-state index in [1.54, 1.807) is 0 Å². The molecule has 1 aliphatic heterocycles. The Balaban J connectivity index is 2.12. The molecule has 2 heterocycles. The van der Waals surface area contributed by atoms with Gasteiger partial charge in [0, 0.05) is 12.7 Å². The summed E-state index contributed by atoms with van der Waals surface area (Å²) in [7, 11) is -3.05. The molecule has 0 spiro atoms. The zero-order valence-electron chi connectivity index (χ0n) is 9.97. The second kappa shape index (κ2) is 5.34. The highest BCUT2D eigenvalue weighted by Crippen LogP contribution is 2.25. The second-order valence-corrected chi connectivity index (χ2v) is 7.12. The third-order valence-corrected chi connectivity index (χ3v) is 5.74. The number of nitrogens with one attached hydrogen (secondary N) is 1. The molecular weight excluding hydrogens is 292 g/mol. The SMILES string of the molecule is O=C(O)c1ccnc(NCC2CCCS2(=O)=O)c1Cl. The molecule has 1 aromatic heterocycles. The van der Waals surface area contributed by atoms with E-state index in [2.05, 4.69) is 10.3 Å². The van der Waals surface area contributed by atoms with E-state index in [4.69, 9.17) is 16.7 Å². The molecule has 8 heteroatoms. The maximum Gasteiger partial charge on any atom is 0.337 e. The minimum absolute atomic E-state index is 0.00889. The highest BCUT2D eigenvalue weighted by atomic mass is 35.5. The molecule has 0 aliphatic carbocycles. The molecule has 1 unspecified atom stereocenters. The fraction of sp³-hybridized carbons (Fsp3) is 0.455. The van der Waals surface area contributed by atoms with E-state index in [9.17, 15) is 13.2 Å². The molecule has 2 rings (SSSR count). The zero-order valence-corrected chi connectivity index (χ0v) is 11.5. The van der Waals surface area contributed by atoms with Gasteiger partial charge in [-0.1, -0.05) is 11.6 Å². The van der Waals surface area contributed by atoms with Crippen molar-refractivity contribution in [3.8, 4) is 0 Å². The molecule has 1 atom stereocenters. The molecule has 1 aromatic rings. The van der Waals surface area contributed by atoms with Crippen molar-refractivity contribution in [2.45, 2.75) is 18.1 Å². The fourth-order valence-electron chi connectivity index (χ4n) is 2.03. The third kappa shape index (κ3) is 2.98. The van der Waals surface area contributed by atoms with Gasteiger partial charge in [0.1, 0.15) is 5.82 Å². The van der Waals surface area contributed by atoms with E-state index in [1.165, 1.54) is 12.3 Å². The van der Waals surface area contributed by atoms with Gasteiger partial charge in [-0.15, -0.1) is 0 Å². The lowest BCUT2D eigenvalue weighted by atomic mass is 10.2. The molecule has 19 heavy (non-hydrogen) atoms. The first kappa shape index (κ1) is 14.1. The minimum Gasteiger partial charge on any atom is -0.478 e. The Bertz CT molecular complexity index is 603. The summed E-state index contributed by atoms with van der Waals surface area (Å²) >= 11 is 5.91. The van der Waals surface area contributed by atoms with Crippen LogP contribution in [0.1, 0.15) is 23.2 Å². The smallest absolute Gasteiger partial charge is 0.337 e. The summed E-state index contributed by atoms with van der Waals surface area (Å²) in [5, 5.41) is 11.3. The van der Waals surface area contributed by atoms with Gasteiger partial charge in [-0.3, -0.25) is 0 Å². The number of aromatic nitrogens is 1. The third-order valence-electron chi connectivity index (χ3n) is 3.08. The summed E-state index contributed by atoms with van der Waals surface area (Å²) in [6.07, 6.45) is 2.58. The molecular formula is C11H13ClN2O4S. The summed E-state index contributed by atoms with van der Waals surface area (Å²) in [4.78, 5) is 14.8. The van der Waals surface area contributed by atoms with Crippen LogP contribution in [0, 0.1) is 0 Å². The Morgan fingerprint density at radius 3 is 2.89 bits per heavy atom. The minimum atomic E-state index is -3.05. The molecule has 1 fully saturated rings. The molecule has 2 N–H and O–H groups in total. The lowest BCUT2D eigenvalue weighted by Crippen LogP contribution is -2.25. The number of hydrogen-bond donors (Lipinski definition) is 2. The van der Waals surface area contributed by atoms with Gasteiger partial charge in [-0.2, -0.15) is 0 Å². The van der Waals surface area contributed by atoms with E-state index in [0.29, 0.717) is 12.8 Å². The molecule has 6 nitrogen and oxygen atoms in total. The number of nitrogens with zero attached hydrogens (tertiary/aromatic N) is 1. The Kier molecular flexibility index (Phi) is 3.96. The van der Waals surface area contributed by atoms with Crippen LogP contribution in [0.2, 0.25) is 5.02 Å². The van der Waals surface area contributed by atoms with Crippen LogP contribution in [0.25, 0.3) is 0 Å². The number of carboxylic acids is 1. The van der Waals surface area contributed by atoms with Crippen LogP contribution in [0.4, 0.5) is 5.82 Å². The average Bonchev–Trinajstić information content (AvgIpc) is 2.67. The topological polar surface area (TPSA) is 96.4 Å². The van der Waals surface area contributed by atoms with E-state index in [0.717, 1.165) is 0 Å². The first-order valence-corrected chi connectivity index (χ1v) is 7.84. The number of sulfone groups is 1. The van der Waals surface area contributed by atoms with Crippen molar-refractivity contribution < 1.29 is 18.3 Å². The zero-order chi connectivity index (χ0) is 14.0. The van der Waals surface area contributed by atoms with E-state index in [-0.39, 0.29) is 28.7 Å². The lowest BCUT2D eigenvalue weighted by Gasteiger charge is -2.12. The quantitative estimate of drug-likeness (QED) is 0.873. The summed E-state index contributed by atoms with van der Waals surface area (Å²) in [6.45, 7) is 0.193. The summed E-state index contributed by atoms with van der Waals surface area (Å²) in [5.41, 5.74) is -0.0616. The van der Waals surface area contributed by atoms with Crippen molar-refractivity contribution in [2.75, 3.05) is 17.6 Å². The highest BCUT2D eigenvalue weighted by molar-refractivity contribution is 7.92. The molecule has 1 aliphatic rings. The van der Waals surface area contributed by atoms with Gasteiger partial charge in [0.15, 0.2) is 9.84 Å². The standard InChI is InChI=1S/C11H13ClN2O4S/c12-9-8(11(15)16)3-4-13-10(9)14-6-7-2-1-5-19(7,17)18/h3-4,7H,1-2,5-6H2,(H,13,14)(H,15,16). The number of carboxylic acid groups (broad SMARTS) is 1. The predicted octanol–water partition coefficient (Wildman–Crippen LogP) is 1.42. The Morgan fingerprint density at radius 1 is 1.58 bits per heavy atom. The average molecular weight is 305 g/mol. The van der Waals surface area contributed by atoms with Gasteiger partial charge in [0.25, 0.3) is 0 Å². The van der Waals surface area contributed by atoms with Crippen LogP contribution in [0.5, 0.6) is 0 Å². The van der Waals surface area contributed by atoms with Crippen molar-refractivity contribution in [2.24, 2.45) is 0 Å². The van der Waals surface area contributed by atoms with Gasteiger partial charge < -0.3 is 10.4 Å². The molecule has 0 aromatic carbocycles. The predicted molar refractivity (Wildman–Crippen MR) is 71.5 cm³/mol. The van der Waals surface area contributed by atoms with Crippen LogP contribution in [0.15, 0.2) is 12.3 Å².